The highest BCUT2D eigenvalue weighted by Crippen LogP contribution is 2.00. The van der Waals surface area contributed by atoms with Gasteiger partial charge in [0.15, 0.2) is 6.29 Å². The molecule has 0 heterocycles. The Hall–Kier alpha value is 0.427. The molecular formula is C7H17ClO2Si. The molecule has 0 aliphatic heterocycles. The second-order valence-electron chi connectivity index (χ2n) is 2.27. The van der Waals surface area contributed by atoms with Gasteiger partial charge >= 0.3 is 0 Å². The second-order valence-corrected chi connectivity index (χ2v) is 3.65. The molecule has 4 heteroatoms. The van der Waals surface area contributed by atoms with E-state index in [1.54, 1.807) is 0 Å². The van der Waals surface area contributed by atoms with Crippen LogP contribution in [0.5, 0.6) is 0 Å². The molecule has 0 saturated carbocycles. The number of halogens is 1. The van der Waals surface area contributed by atoms with Gasteiger partial charge in [0.1, 0.15) is 0 Å². The van der Waals surface area contributed by atoms with E-state index in [-0.39, 0.29) is 6.29 Å². The van der Waals surface area contributed by atoms with Gasteiger partial charge in [-0.05, 0) is 12.5 Å². The third kappa shape index (κ3) is 6.81. The molecule has 0 aliphatic rings. The van der Waals surface area contributed by atoms with Gasteiger partial charge in [0.25, 0.3) is 0 Å². The molecule has 0 saturated heterocycles. The first kappa shape index (κ1) is 11.4. The zero-order chi connectivity index (χ0) is 8.53. The topological polar surface area (TPSA) is 18.5 Å². The lowest BCUT2D eigenvalue weighted by Gasteiger charge is -2.15. The summed E-state index contributed by atoms with van der Waals surface area (Å²) in [5, 5.41) is 0. The molecule has 0 aliphatic carbocycles. The minimum atomic E-state index is -0.0392. The fourth-order valence-electron chi connectivity index (χ4n) is 0.709. The summed E-state index contributed by atoms with van der Waals surface area (Å²) in [5.41, 5.74) is 0. The molecule has 1 atom stereocenters. The van der Waals surface area contributed by atoms with Crippen LogP contribution in [0.15, 0.2) is 0 Å². The minimum Gasteiger partial charge on any atom is -0.353 e. The summed E-state index contributed by atoms with van der Waals surface area (Å²) in [6.45, 7) is 3.46. The van der Waals surface area contributed by atoms with Crippen LogP contribution in [0.3, 0.4) is 0 Å². The van der Waals surface area contributed by atoms with Crippen LogP contribution in [-0.4, -0.2) is 35.6 Å². The Balaban J connectivity index is 3.25. The van der Waals surface area contributed by atoms with E-state index in [0.717, 1.165) is 13.0 Å². The Kier molecular flexibility index (Phi) is 8.85. The highest BCUT2D eigenvalue weighted by Gasteiger charge is 2.03. The normalized spacial score (nSPS) is 13.6. The maximum Gasteiger partial charge on any atom is 0.157 e. The molecule has 0 bridgehead atoms. The van der Waals surface area contributed by atoms with E-state index >= 15 is 0 Å². The molecule has 0 radical (unpaired) electrons. The number of alkyl halides is 1. The van der Waals surface area contributed by atoms with Crippen molar-refractivity contribution in [3.63, 3.8) is 0 Å². The van der Waals surface area contributed by atoms with Gasteiger partial charge in [-0.3, -0.25) is 0 Å². The fraction of sp³-hybridized carbons (Fsp3) is 1.00. The van der Waals surface area contributed by atoms with Crippen LogP contribution in [0.1, 0.15) is 13.3 Å². The molecular weight excluding hydrogens is 180 g/mol. The van der Waals surface area contributed by atoms with Crippen molar-refractivity contribution < 1.29 is 9.47 Å². The number of ether oxygens (including phenoxy) is 2. The fourth-order valence-corrected chi connectivity index (χ4v) is 1.03. The number of rotatable bonds is 7. The lowest BCUT2D eigenvalue weighted by molar-refractivity contribution is -0.136. The molecule has 0 N–H and O–H groups in total. The molecule has 1 unspecified atom stereocenters. The summed E-state index contributed by atoms with van der Waals surface area (Å²) in [4.78, 5) is 0. The number of hydrogen-bond acceptors (Lipinski definition) is 2. The predicted molar refractivity (Wildman–Crippen MR) is 51.4 cm³/mol. The summed E-state index contributed by atoms with van der Waals surface area (Å²) in [5.74, 6) is 0.542. The van der Waals surface area contributed by atoms with Gasteiger partial charge in [-0.2, -0.15) is 0 Å². The van der Waals surface area contributed by atoms with Crippen molar-refractivity contribution in [2.75, 3.05) is 19.1 Å². The summed E-state index contributed by atoms with van der Waals surface area (Å²) in [7, 11) is 1.20. The highest BCUT2D eigenvalue weighted by atomic mass is 35.5. The molecule has 0 aromatic carbocycles. The Morgan fingerprint density at radius 2 is 2.00 bits per heavy atom. The molecule has 0 amide bonds. The first-order chi connectivity index (χ1) is 5.35. The highest BCUT2D eigenvalue weighted by molar-refractivity contribution is 6.17. The average molecular weight is 197 g/mol. The first-order valence-corrected chi connectivity index (χ1v) is 6.09. The van der Waals surface area contributed by atoms with Gasteiger partial charge in [-0.25, -0.2) is 0 Å². The average Bonchev–Trinajstić information content (AvgIpc) is 2.05. The largest absolute Gasteiger partial charge is 0.353 e. The lowest BCUT2D eigenvalue weighted by Crippen LogP contribution is -2.17. The van der Waals surface area contributed by atoms with Crippen LogP contribution >= 0.6 is 11.6 Å². The molecule has 2 nitrogen and oxygen atoms in total. The van der Waals surface area contributed by atoms with E-state index in [0.29, 0.717) is 12.5 Å². The Labute approximate surface area is 76.6 Å². The Morgan fingerprint density at radius 1 is 1.36 bits per heavy atom. The monoisotopic (exact) mass is 196 g/mol. The zero-order valence-electron chi connectivity index (χ0n) is 7.31. The third-order valence-electron chi connectivity index (χ3n) is 1.22. The maximum atomic E-state index is 5.46. The van der Waals surface area contributed by atoms with E-state index in [4.69, 9.17) is 21.1 Å². The zero-order valence-corrected chi connectivity index (χ0v) is 10.1. The Morgan fingerprint density at radius 3 is 2.45 bits per heavy atom. The van der Waals surface area contributed by atoms with Crippen molar-refractivity contribution in [3.8, 4) is 0 Å². The summed E-state index contributed by atoms with van der Waals surface area (Å²) in [6, 6.07) is 1.17. The van der Waals surface area contributed by atoms with E-state index in [1.807, 2.05) is 6.92 Å². The molecule has 0 spiro atoms. The molecule has 68 valence electrons. The van der Waals surface area contributed by atoms with Crippen molar-refractivity contribution in [1.29, 1.82) is 0 Å². The quantitative estimate of drug-likeness (QED) is 0.341. The van der Waals surface area contributed by atoms with Gasteiger partial charge < -0.3 is 9.47 Å². The van der Waals surface area contributed by atoms with Crippen molar-refractivity contribution in [2.24, 2.45) is 0 Å². The van der Waals surface area contributed by atoms with Gasteiger partial charge in [-0.15, -0.1) is 11.6 Å². The van der Waals surface area contributed by atoms with E-state index < -0.39 is 0 Å². The summed E-state index contributed by atoms with van der Waals surface area (Å²) < 4.78 is 10.7. The summed E-state index contributed by atoms with van der Waals surface area (Å²) >= 11 is 5.46. The smallest absolute Gasteiger partial charge is 0.157 e. The van der Waals surface area contributed by atoms with Gasteiger partial charge in [0, 0.05) is 22.7 Å². The van der Waals surface area contributed by atoms with Gasteiger partial charge in [0.2, 0.25) is 0 Å². The van der Waals surface area contributed by atoms with Crippen molar-refractivity contribution in [3.05, 3.63) is 0 Å². The van der Waals surface area contributed by atoms with E-state index in [2.05, 4.69) is 0 Å². The van der Waals surface area contributed by atoms with E-state index in [9.17, 15) is 0 Å². The van der Waals surface area contributed by atoms with Crippen molar-refractivity contribution >= 4 is 21.8 Å². The third-order valence-corrected chi connectivity index (χ3v) is 1.78. The molecule has 11 heavy (non-hydrogen) atoms. The van der Waals surface area contributed by atoms with Crippen LogP contribution in [0.2, 0.25) is 6.04 Å². The van der Waals surface area contributed by atoms with Crippen LogP contribution < -0.4 is 0 Å². The van der Waals surface area contributed by atoms with Crippen molar-refractivity contribution in [1.82, 2.24) is 0 Å². The maximum absolute atomic E-state index is 5.46. The lowest BCUT2D eigenvalue weighted by atomic mass is 10.5. The molecule has 0 rings (SSSR count). The van der Waals surface area contributed by atoms with Crippen LogP contribution in [-0.2, 0) is 9.47 Å². The van der Waals surface area contributed by atoms with Gasteiger partial charge in [0.05, 0.1) is 6.61 Å². The molecule has 0 fully saturated rings. The molecule has 0 aromatic rings. The molecule has 0 aromatic heterocycles. The van der Waals surface area contributed by atoms with Gasteiger partial charge in [-0.1, -0.05) is 6.92 Å². The van der Waals surface area contributed by atoms with Crippen LogP contribution in [0.25, 0.3) is 0 Å². The standard InChI is InChI=1S/C7H17ClO2Si/c1-2-7(9-4-3-8)10-5-6-11/h7H,2-6H2,1,11H3. The SMILES string of the molecule is CCC(OCC[SiH3])OCCCl. The second kappa shape index (κ2) is 8.52. The first-order valence-electron chi connectivity index (χ1n) is 4.14. The predicted octanol–water partition coefficient (Wildman–Crippen LogP) is 0.778. The van der Waals surface area contributed by atoms with Crippen molar-refractivity contribution in [2.45, 2.75) is 25.7 Å². The van der Waals surface area contributed by atoms with Crippen LogP contribution in [0.4, 0.5) is 0 Å². The minimum absolute atomic E-state index is 0.0392. The van der Waals surface area contributed by atoms with E-state index in [1.165, 1.54) is 16.3 Å². The number of hydrogen-bond donors (Lipinski definition) is 0. The van der Waals surface area contributed by atoms with Crippen LogP contribution in [0, 0.1) is 0 Å². The summed E-state index contributed by atoms with van der Waals surface area (Å²) in [6.07, 6.45) is 0.862. The Bertz CT molecular complexity index is 74.8.